The van der Waals surface area contributed by atoms with Gasteiger partial charge in [0.1, 0.15) is 6.10 Å². The predicted molar refractivity (Wildman–Crippen MR) is 110 cm³/mol. The van der Waals surface area contributed by atoms with Crippen molar-refractivity contribution in [3.8, 4) is 11.5 Å². The molecule has 0 spiro atoms. The average molecular weight is 409 g/mol. The van der Waals surface area contributed by atoms with Gasteiger partial charge in [-0.1, -0.05) is 6.07 Å². The first-order valence-electron chi connectivity index (χ1n) is 9.79. The number of benzene rings is 1. The van der Waals surface area contributed by atoms with E-state index in [0.717, 1.165) is 31.6 Å². The van der Waals surface area contributed by atoms with E-state index in [1.807, 2.05) is 0 Å². The molecular formula is C22H23N3O5. The fourth-order valence-corrected chi connectivity index (χ4v) is 4.30. The maximum Gasteiger partial charge on any atom is 0.331 e. The van der Waals surface area contributed by atoms with Gasteiger partial charge in [0.25, 0.3) is 0 Å². The van der Waals surface area contributed by atoms with Gasteiger partial charge in [0.15, 0.2) is 11.5 Å². The van der Waals surface area contributed by atoms with Crippen LogP contribution in [0.1, 0.15) is 28.8 Å². The molecule has 1 saturated carbocycles. The Bertz CT molecular complexity index is 992. The molecule has 4 N–H and O–H groups in total. The topological polar surface area (TPSA) is 126 Å². The Kier molecular flexibility index (Phi) is 5.31. The number of fused-ring (bicyclic) bond motifs is 1. The van der Waals surface area contributed by atoms with Crippen molar-refractivity contribution < 1.29 is 24.5 Å². The Morgan fingerprint density at radius 2 is 1.83 bits per heavy atom. The van der Waals surface area contributed by atoms with E-state index in [2.05, 4.69) is 9.88 Å². The van der Waals surface area contributed by atoms with Gasteiger partial charge < -0.3 is 25.6 Å². The normalized spacial score (nSPS) is 22.9. The smallest absolute Gasteiger partial charge is 0.331 e. The van der Waals surface area contributed by atoms with Crippen LogP contribution in [0.5, 0.6) is 11.5 Å². The number of phenolic OH excluding ortho intramolecular Hbond substituents is 2. The molecule has 30 heavy (non-hydrogen) atoms. The molecule has 2 heterocycles. The molecule has 1 amide bonds. The number of hydrogen-bond donors (Lipinski definition) is 3. The second-order valence-electron chi connectivity index (χ2n) is 7.83. The van der Waals surface area contributed by atoms with Crippen molar-refractivity contribution in [1.82, 2.24) is 4.98 Å². The first-order valence-corrected chi connectivity index (χ1v) is 9.79. The Morgan fingerprint density at radius 3 is 2.50 bits per heavy atom. The number of phenols is 2. The monoisotopic (exact) mass is 409 g/mol. The van der Waals surface area contributed by atoms with Crippen LogP contribution in [0.25, 0.3) is 6.08 Å². The second-order valence-corrected chi connectivity index (χ2v) is 7.83. The van der Waals surface area contributed by atoms with E-state index in [1.54, 1.807) is 18.3 Å². The van der Waals surface area contributed by atoms with Gasteiger partial charge in [-0.15, -0.1) is 0 Å². The number of nitrogens with two attached hydrogens (primary N) is 1. The van der Waals surface area contributed by atoms with Crippen LogP contribution in [-0.2, 0) is 9.53 Å². The molecule has 2 aromatic rings. The molecule has 3 atom stereocenters. The molecule has 1 aromatic carbocycles. The minimum absolute atomic E-state index is 0.123. The van der Waals surface area contributed by atoms with E-state index < -0.39 is 11.9 Å². The summed E-state index contributed by atoms with van der Waals surface area (Å²) < 4.78 is 5.59. The predicted octanol–water partition coefficient (Wildman–Crippen LogP) is 2.06. The van der Waals surface area contributed by atoms with Crippen LogP contribution in [0.4, 0.5) is 5.69 Å². The number of aromatic hydroxyl groups is 2. The molecular weight excluding hydrogens is 386 g/mol. The molecule has 1 aliphatic heterocycles. The number of hydrogen-bond acceptors (Lipinski definition) is 7. The van der Waals surface area contributed by atoms with Crippen LogP contribution < -0.4 is 10.6 Å². The average Bonchev–Trinajstić information content (AvgIpc) is 3.27. The number of rotatable bonds is 5. The number of anilines is 1. The lowest BCUT2D eigenvalue weighted by molar-refractivity contribution is -0.142. The highest BCUT2D eigenvalue weighted by Crippen LogP contribution is 2.41. The first kappa shape index (κ1) is 19.8. The zero-order valence-corrected chi connectivity index (χ0v) is 16.3. The van der Waals surface area contributed by atoms with E-state index >= 15 is 0 Å². The summed E-state index contributed by atoms with van der Waals surface area (Å²) in [5.41, 5.74) is 7.21. The molecule has 1 unspecified atom stereocenters. The molecule has 8 nitrogen and oxygen atoms in total. The van der Waals surface area contributed by atoms with Gasteiger partial charge in [-0.25, -0.2) is 4.79 Å². The fourth-order valence-electron chi connectivity index (χ4n) is 4.30. The third kappa shape index (κ3) is 4.22. The van der Waals surface area contributed by atoms with Crippen LogP contribution in [0.15, 0.2) is 42.7 Å². The van der Waals surface area contributed by atoms with Gasteiger partial charge in [0.05, 0.1) is 17.4 Å². The first-order chi connectivity index (χ1) is 14.4. The Labute approximate surface area is 173 Å². The summed E-state index contributed by atoms with van der Waals surface area (Å²) in [4.78, 5) is 29.8. The van der Waals surface area contributed by atoms with Crippen molar-refractivity contribution in [2.24, 2.45) is 17.6 Å². The fraction of sp³-hybridized carbons (Fsp3) is 0.318. The standard InChI is InChI=1S/C22H23N3O5/c23-22(29)14-6-17(10-24-9-14)25-11-15-7-18(8-16(15)12-25)30-21(28)4-2-13-1-3-19(26)20(27)5-13/h1-6,9-10,15-16,18,26-27H,7-8,11-12H2,(H2,23,29)/b4-2+/t15-,16+,18?. The van der Waals surface area contributed by atoms with E-state index in [4.69, 9.17) is 10.5 Å². The SMILES string of the molecule is NC(=O)c1cncc(N2C[C@H]3CC(OC(=O)/C=C/c4ccc(O)c(O)c4)C[C@H]3C2)c1. The second kappa shape index (κ2) is 8.06. The van der Waals surface area contributed by atoms with Crippen molar-refractivity contribution in [3.05, 3.63) is 53.9 Å². The van der Waals surface area contributed by atoms with E-state index in [9.17, 15) is 19.8 Å². The lowest BCUT2D eigenvalue weighted by Crippen LogP contribution is -2.24. The van der Waals surface area contributed by atoms with Gasteiger partial charge in [-0.2, -0.15) is 0 Å². The zero-order chi connectivity index (χ0) is 21.3. The largest absolute Gasteiger partial charge is 0.504 e. The maximum absolute atomic E-state index is 12.1. The van der Waals surface area contributed by atoms with Gasteiger partial charge in [0.2, 0.25) is 5.91 Å². The van der Waals surface area contributed by atoms with Crippen LogP contribution in [0, 0.1) is 11.8 Å². The molecule has 2 fully saturated rings. The van der Waals surface area contributed by atoms with Crippen molar-refractivity contribution >= 4 is 23.6 Å². The molecule has 1 aliphatic carbocycles. The Hall–Kier alpha value is -3.55. The molecule has 4 rings (SSSR count). The number of pyridine rings is 1. The lowest BCUT2D eigenvalue weighted by Gasteiger charge is -2.21. The highest BCUT2D eigenvalue weighted by Gasteiger charge is 2.42. The van der Waals surface area contributed by atoms with E-state index in [1.165, 1.54) is 30.5 Å². The molecule has 2 aliphatic rings. The summed E-state index contributed by atoms with van der Waals surface area (Å²) in [5.74, 6) is -0.543. The minimum atomic E-state index is -0.494. The number of aromatic nitrogens is 1. The lowest BCUT2D eigenvalue weighted by atomic mass is 10.0. The molecule has 1 saturated heterocycles. The number of primary amides is 1. The summed E-state index contributed by atoms with van der Waals surface area (Å²) in [7, 11) is 0. The molecule has 8 heteroatoms. The number of amides is 1. The number of ether oxygens (including phenoxy) is 1. The summed E-state index contributed by atoms with van der Waals surface area (Å²) in [6.45, 7) is 1.65. The summed E-state index contributed by atoms with van der Waals surface area (Å²) in [6.07, 6.45) is 7.53. The van der Waals surface area contributed by atoms with E-state index in [0.29, 0.717) is 23.0 Å². The zero-order valence-electron chi connectivity index (χ0n) is 16.3. The summed E-state index contributed by atoms with van der Waals surface area (Å²) in [6, 6.07) is 6.09. The van der Waals surface area contributed by atoms with Crippen LogP contribution in [-0.4, -0.2) is 46.3 Å². The molecule has 156 valence electrons. The molecule has 0 radical (unpaired) electrons. The van der Waals surface area contributed by atoms with Gasteiger partial charge >= 0.3 is 5.97 Å². The number of carbonyl (C=O) groups is 2. The minimum Gasteiger partial charge on any atom is -0.504 e. The molecule has 1 aromatic heterocycles. The summed E-state index contributed by atoms with van der Waals surface area (Å²) in [5, 5.41) is 18.8. The van der Waals surface area contributed by atoms with Crippen molar-refractivity contribution in [2.75, 3.05) is 18.0 Å². The van der Waals surface area contributed by atoms with Crippen molar-refractivity contribution in [3.63, 3.8) is 0 Å². The van der Waals surface area contributed by atoms with Crippen LogP contribution >= 0.6 is 0 Å². The molecule has 0 bridgehead atoms. The summed E-state index contributed by atoms with van der Waals surface area (Å²) >= 11 is 0. The van der Waals surface area contributed by atoms with Gasteiger partial charge in [0, 0.05) is 25.4 Å². The number of carbonyl (C=O) groups excluding carboxylic acids is 2. The quantitative estimate of drug-likeness (QED) is 0.392. The Balaban J connectivity index is 1.30. The van der Waals surface area contributed by atoms with E-state index in [-0.39, 0.29) is 17.6 Å². The van der Waals surface area contributed by atoms with Gasteiger partial charge in [-0.3, -0.25) is 9.78 Å². The van der Waals surface area contributed by atoms with Crippen molar-refractivity contribution in [1.29, 1.82) is 0 Å². The number of nitrogens with zero attached hydrogens (tertiary/aromatic N) is 2. The van der Waals surface area contributed by atoms with Gasteiger partial charge in [-0.05, 0) is 54.5 Å². The maximum atomic E-state index is 12.1. The third-order valence-corrected chi connectivity index (χ3v) is 5.78. The highest BCUT2D eigenvalue weighted by molar-refractivity contribution is 5.93. The highest BCUT2D eigenvalue weighted by atomic mass is 16.5. The third-order valence-electron chi connectivity index (χ3n) is 5.78. The van der Waals surface area contributed by atoms with Crippen molar-refractivity contribution in [2.45, 2.75) is 18.9 Å². The van der Waals surface area contributed by atoms with Crippen LogP contribution in [0.2, 0.25) is 0 Å². The Morgan fingerprint density at radius 1 is 1.10 bits per heavy atom. The number of esters is 1. The van der Waals surface area contributed by atoms with Crippen LogP contribution in [0.3, 0.4) is 0 Å².